The summed E-state index contributed by atoms with van der Waals surface area (Å²) in [6, 6.07) is 13.4. The first-order valence-corrected chi connectivity index (χ1v) is 8.39. The van der Waals surface area contributed by atoms with Crippen molar-refractivity contribution in [2.24, 2.45) is 0 Å². The van der Waals surface area contributed by atoms with E-state index in [2.05, 4.69) is 5.32 Å². The van der Waals surface area contributed by atoms with E-state index in [0.29, 0.717) is 12.1 Å². The number of methoxy groups -OCH3 is 2. The maximum Gasteiger partial charge on any atom is 0.337 e. The van der Waals surface area contributed by atoms with Gasteiger partial charge in [-0.2, -0.15) is 0 Å². The van der Waals surface area contributed by atoms with Crippen LogP contribution in [0.1, 0.15) is 27.0 Å². The molecular weight excluding hydrogens is 328 g/mol. The molecule has 3 rings (SSSR count). The van der Waals surface area contributed by atoms with Crippen molar-refractivity contribution >= 4 is 22.7 Å². The molecule has 1 heterocycles. The summed E-state index contributed by atoms with van der Waals surface area (Å²) in [5.74, 6) is 1.34. The van der Waals surface area contributed by atoms with Crippen LogP contribution >= 0.6 is 0 Å². The van der Waals surface area contributed by atoms with Crippen molar-refractivity contribution < 1.29 is 14.3 Å². The number of hydrogen-bond donors (Lipinski definition) is 1. The fraction of sp³-hybridized carbons (Fsp3) is 0.238. The van der Waals surface area contributed by atoms with Gasteiger partial charge in [-0.15, -0.1) is 0 Å². The number of nitrogens with one attached hydrogen (secondary N) is 1. The molecule has 0 unspecified atom stereocenters. The van der Waals surface area contributed by atoms with E-state index in [-0.39, 0.29) is 5.97 Å². The zero-order valence-electron chi connectivity index (χ0n) is 15.4. The molecule has 0 aliphatic rings. The molecule has 0 radical (unpaired) electrons. The van der Waals surface area contributed by atoms with Gasteiger partial charge in [-0.3, -0.25) is 0 Å². The molecule has 0 atom stereocenters. The Hall–Kier alpha value is -3.08. The molecule has 1 N–H and O–H groups in total. The van der Waals surface area contributed by atoms with Crippen LogP contribution in [0.2, 0.25) is 0 Å². The van der Waals surface area contributed by atoms with Crippen LogP contribution in [0.25, 0.3) is 10.9 Å². The first kappa shape index (κ1) is 17.7. The Morgan fingerprint density at radius 1 is 1.04 bits per heavy atom. The fourth-order valence-electron chi connectivity index (χ4n) is 2.86. The normalized spacial score (nSPS) is 10.6. The number of carbonyl (C=O) groups is 1. The number of aromatic nitrogens is 1. The molecule has 3 aromatic rings. The largest absolute Gasteiger partial charge is 0.497 e. The summed E-state index contributed by atoms with van der Waals surface area (Å²) in [4.78, 5) is 16.5. The number of anilines is 1. The molecular formula is C21H22N2O3. The molecule has 0 bridgehead atoms. The minimum atomic E-state index is -0.342. The average molecular weight is 350 g/mol. The highest BCUT2D eigenvalue weighted by atomic mass is 16.5. The van der Waals surface area contributed by atoms with Crippen molar-refractivity contribution in [2.45, 2.75) is 20.4 Å². The summed E-state index contributed by atoms with van der Waals surface area (Å²) in [7, 11) is 3.04. The number of esters is 1. The van der Waals surface area contributed by atoms with Gasteiger partial charge in [0.1, 0.15) is 11.6 Å². The molecule has 5 heteroatoms. The summed E-state index contributed by atoms with van der Waals surface area (Å²) >= 11 is 0. The van der Waals surface area contributed by atoms with Gasteiger partial charge < -0.3 is 14.8 Å². The van der Waals surface area contributed by atoms with E-state index in [1.165, 1.54) is 7.11 Å². The summed E-state index contributed by atoms with van der Waals surface area (Å²) in [5.41, 5.74) is 4.68. The molecule has 0 fully saturated rings. The Labute approximate surface area is 153 Å². The molecule has 0 spiro atoms. The van der Waals surface area contributed by atoms with Gasteiger partial charge in [0.15, 0.2) is 0 Å². The van der Waals surface area contributed by atoms with Gasteiger partial charge in [-0.05, 0) is 60.9 Å². The molecule has 1 aromatic heterocycles. The average Bonchev–Trinajstić information content (AvgIpc) is 2.69. The maximum absolute atomic E-state index is 11.8. The number of fused-ring (bicyclic) bond motifs is 1. The van der Waals surface area contributed by atoms with Crippen LogP contribution in [0, 0.1) is 13.8 Å². The molecule has 0 aliphatic heterocycles. The lowest BCUT2D eigenvalue weighted by atomic mass is 10.0. The molecule has 0 aliphatic carbocycles. The van der Waals surface area contributed by atoms with E-state index in [9.17, 15) is 4.79 Å². The first-order valence-electron chi connectivity index (χ1n) is 8.39. The molecule has 5 nitrogen and oxygen atoms in total. The third-order valence-corrected chi connectivity index (χ3v) is 4.59. The van der Waals surface area contributed by atoms with Gasteiger partial charge in [0.05, 0.1) is 25.3 Å². The Morgan fingerprint density at radius 2 is 1.77 bits per heavy atom. The minimum Gasteiger partial charge on any atom is -0.497 e. The topological polar surface area (TPSA) is 60.5 Å². The van der Waals surface area contributed by atoms with E-state index < -0.39 is 0 Å². The van der Waals surface area contributed by atoms with Gasteiger partial charge >= 0.3 is 5.97 Å². The van der Waals surface area contributed by atoms with Crippen molar-refractivity contribution in [3.05, 3.63) is 64.7 Å². The van der Waals surface area contributed by atoms with Crippen LogP contribution in [-0.2, 0) is 11.3 Å². The van der Waals surface area contributed by atoms with E-state index in [4.69, 9.17) is 14.5 Å². The van der Waals surface area contributed by atoms with E-state index in [1.54, 1.807) is 13.2 Å². The number of aryl methyl sites for hydroxylation is 1. The predicted octanol–water partition coefficient (Wildman–Crippen LogP) is 4.26. The van der Waals surface area contributed by atoms with Gasteiger partial charge in [0.25, 0.3) is 0 Å². The zero-order valence-corrected chi connectivity index (χ0v) is 15.4. The van der Waals surface area contributed by atoms with Crippen LogP contribution in [0.5, 0.6) is 5.75 Å². The SMILES string of the molecule is COC(=O)c1ccc2nc(NCc3ccc(OC)cc3)c(C)c(C)c2c1. The molecule has 2 aromatic carbocycles. The predicted molar refractivity (Wildman–Crippen MR) is 103 cm³/mol. The molecule has 26 heavy (non-hydrogen) atoms. The second-order valence-electron chi connectivity index (χ2n) is 6.14. The van der Waals surface area contributed by atoms with Gasteiger partial charge in [0.2, 0.25) is 0 Å². The lowest BCUT2D eigenvalue weighted by Gasteiger charge is -2.14. The lowest BCUT2D eigenvalue weighted by molar-refractivity contribution is 0.0601. The Kier molecular flexibility index (Phi) is 5.07. The third kappa shape index (κ3) is 3.47. The summed E-state index contributed by atoms with van der Waals surface area (Å²) < 4.78 is 9.99. The van der Waals surface area contributed by atoms with Crippen molar-refractivity contribution in [1.29, 1.82) is 0 Å². The van der Waals surface area contributed by atoms with Crippen LogP contribution in [0.3, 0.4) is 0 Å². The molecule has 0 saturated heterocycles. The highest BCUT2D eigenvalue weighted by Crippen LogP contribution is 2.27. The number of hydrogen-bond acceptors (Lipinski definition) is 5. The standard InChI is InChI=1S/C21H22N2O3/c1-13-14(2)20(22-12-15-5-8-17(25-3)9-6-15)23-19-10-7-16(11-18(13)19)21(24)26-4/h5-11H,12H2,1-4H3,(H,22,23). The smallest absolute Gasteiger partial charge is 0.337 e. The van der Waals surface area contributed by atoms with E-state index in [0.717, 1.165) is 39.2 Å². The van der Waals surface area contributed by atoms with Gasteiger partial charge in [0, 0.05) is 11.9 Å². The second-order valence-corrected chi connectivity index (χ2v) is 6.14. The summed E-state index contributed by atoms with van der Waals surface area (Å²) in [5, 5.41) is 4.36. The van der Waals surface area contributed by atoms with Crippen molar-refractivity contribution in [3.8, 4) is 5.75 Å². The summed E-state index contributed by atoms with van der Waals surface area (Å²) in [6.45, 7) is 4.74. The molecule has 134 valence electrons. The lowest BCUT2D eigenvalue weighted by Crippen LogP contribution is -2.06. The number of carbonyl (C=O) groups excluding carboxylic acids is 1. The third-order valence-electron chi connectivity index (χ3n) is 4.59. The Balaban J connectivity index is 1.88. The van der Waals surface area contributed by atoms with E-state index >= 15 is 0 Å². The van der Waals surface area contributed by atoms with E-state index in [1.807, 2.05) is 50.2 Å². The highest BCUT2D eigenvalue weighted by molar-refractivity contribution is 5.96. The highest BCUT2D eigenvalue weighted by Gasteiger charge is 2.12. The van der Waals surface area contributed by atoms with Crippen LogP contribution < -0.4 is 10.1 Å². The van der Waals surface area contributed by atoms with Crippen LogP contribution in [0.4, 0.5) is 5.82 Å². The number of pyridine rings is 1. The second kappa shape index (κ2) is 7.44. The zero-order chi connectivity index (χ0) is 18.7. The number of rotatable bonds is 5. The van der Waals surface area contributed by atoms with Crippen LogP contribution in [-0.4, -0.2) is 25.2 Å². The molecule has 0 amide bonds. The quantitative estimate of drug-likeness (QED) is 0.697. The van der Waals surface area contributed by atoms with Crippen molar-refractivity contribution in [3.63, 3.8) is 0 Å². The fourth-order valence-corrected chi connectivity index (χ4v) is 2.86. The Bertz CT molecular complexity index is 950. The summed E-state index contributed by atoms with van der Waals surface area (Å²) in [6.07, 6.45) is 0. The Morgan fingerprint density at radius 3 is 2.42 bits per heavy atom. The molecule has 0 saturated carbocycles. The van der Waals surface area contributed by atoms with Gasteiger partial charge in [-0.1, -0.05) is 12.1 Å². The van der Waals surface area contributed by atoms with Crippen molar-refractivity contribution in [1.82, 2.24) is 4.98 Å². The maximum atomic E-state index is 11.8. The number of benzene rings is 2. The minimum absolute atomic E-state index is 0.342. The number of nitrogens with zero attached hydrogens (tertiary/aromatic N) is 1. The van der Waals surface area contributed by atoms with Gasteiger partial charge in [-0.25, -0.2) is 9.78 Å². The first-order chi connectivity index (χ1) is 12.5. The monoisotopic (exact) mass is 350 g/mol. The number of ether oxygens (including phenoxy) is 2. The van der Waals surface area contributed by atoms with Crippen molar-refractivity contribution in [2.75, 3.05) is 19.5 Å². The van der Waals surface area contributed by atoms with Crippen LogP contribution in [0.15, 0.2) is 42.5 Å².